The summed E-state index contributed by atoms with van der Waals surface area (Å²) in [7, 11) is 3.29. The summed E-state index contributed by atoms with van der Waals surface area (Å²) >= 11 is 0. The number of nitrogens with one attached hydrogen (secondary N) is 2. The fourth-order valence-corrected chi connectivity index (χ4v) is 4.62. The van der Waals surface area contributed by atoms with Crippen molar-refractivity contribution in [3.8, 4) is 11.5 Å². The zero-order valence-electron chi connectivity index (χ0n) is 19.6. The minimum atomic E-state index is -0.140. The number of amides is 1. The first kappa shape index (κ1) is 23.1. The molecule has 1 saturated heterocycles. The zero-order chi connectivity index (χ0) is 23.2. The minimum absolute atomic E-state index is 0.105. The number of likely N-dealkylation sites (tertiary alicyclic amines) is 1. The molecule has 2 atom stereocenters. The van der Waals surface area contributed by atoms with Gasteiger partial charge in [-0.25, -0.2) is 0 Å². The molecule has 1 aliphatic heterocycles. The normalized spacial score (nSPS) is 18.4. The van der Waals surface area contributed by atoms with Crippen molar-refractivity contribution in [3.05, 3.63) is 71.8 Å². The number of rotatable bonds is 9. The summed E-state index contributed by atoms with van der Waals surface area (Å²) in [5.41, 5.74) is 2.35. The van der Waals surface area contributed by atoms with E-state index in [-0.39, 0.29) is 18.0 Å². The van der Waals surface area contributed by atoms with Crippen LogP contribution < -0.4 is 20.1 Å². The molecule has 0 spiro atoms. The number of nitrogens with zero attached hydrogens (tertiary/aromatic N) is 1. The summed E-state index contributed by atoms with van der Waals surface area (Å²) in [4.78, 5) is 15.1. The molecule has 4 rings (SSSR count). The first-order valence-electron chi connectivity index (χ1n) is 11.5. The standard InChI is InChI=1S/C27H33N3O3/c1-4-28-27(31)24-15-23(29-16-19-10-12-25(32-2)26(14-19)33-3)18-30(24)17-20-9-11-21-7-5-6-8-22(21)13-20/h5-14,23-24,29H,4,15-18H2,1-3H3,(H,28,31)/t23-,24+/m1/s1. The van der Waals surface area contributed by atoms with Crippen LogP contribution in [0, 0.1) is 0 Å². The molecule has 2 N–H and O–H groups in total. The second kappa shape index (κ2) is 10.7. The number of fused-ring (bicyclic) bond motifs is 1. The van der Waals surface area contributed by atoms with Crippen LogP contribution >= 0.6 is 0 Å². The molecule has 3 aromatic carbocycles. The van der Waals surface area contributed by atoms with Gasteiger partial charge in [-0.05, 0) is 53.4 Å². The maximum atomic E-state index is 12.8. The first-order valence-corrected chi connectivity index (χ1v) is 11.5. The van der Waals surface area contributed by atoms with Gasteiger partial charge in [0.15, 0.2) is 11.5 Å². The third kappa shape index (κ3) is 5.46. The van der Waals surface area contributed by atoms with E-state index in [9.17, 15) is 4.79 Å². The number of carbonyl (C=O) groups is 1. The van der Waals surface area contributed by atoms with E-state index < -0.39 is 0 Å². The Labute approximate surface area is 195 Å². The quantitative estimate of drug-likeness (QED) is 0.523. The molecule has 6 nitrogen and oxygen atoms in total. The van der Waals surface area contributed by atoms with Crippen LogP contribution in [0.4, 0.5) is 0 Å². The number of carbonyl (C=O) groups excluding carboxylic acids is 1. The van der Waals surface area contributed by atoms with Crippen molar-refractivity contribution in [1.82, 2.24) is 15.5 Å². The maximum absolute atomic E-state index is 12.8. The van der Waals surface area contributed by atoms with Crippen LogP contribution in [-0.4, -0.2) is 50.2 Å². The van der Waals surface area contributed by atoms with Gasteiger partial charge in [0.1, 0.15) is 0 Å². The lowest BCUT2D eigenvalue weighted by Crippen LogP contribution is -2.42. The van der Waals surface area contributed by atoms with Crippen LogP contribution in [0.1, 0.15) is 24.5 Å². The van der Waals surface area contributed by atoms with Gasteiger partial charge in [0, 0.05) is 32.2 Å². The Hall–Kier alpha value is -3.09. The number of ether oxygens (including phenoxy) is 2. The summed E-state index contributed by atoms with van der Waals surface area (Å²) in [6, 6.07) is 21.0. The molecule has 174 valence electrons. The fraction of sp³-hybridized carbons (Fsp3) is 0.370. The van der Waals surface area contributed by atoms with Crippen LogP contribution in [0.2, 0.25) is 0 Å². The van der Waals surface area contributed by atoms with Crippen LogP contribution in [-0.2, 0) is 17.9 Å². The minimum Gasteiger partial charge on any atom is -0.493 e. The lowest BCUT2D eigenvalue weighted by atomic mass is 10.1. The van der Waals surface area contributed by atoms with E-state index in [1.165, 1.54) is 16.3 Å². The van der Waals surface area contributed by atoms with Crippen LogP contribution in [0.3, 0.4) is 0 Å². The highest BCUT2D eigenvalue weighted by atomic mass is 16.5. The Balaban J connectivity index is 1.45. The summed E-state index contributed by atoms with van der Waals surface area (Å²) in [5.74, 6) is 1.55. The van der Waals surface area contributed by atoms with Gasteiger partial charge in [0.25, 0.3) is 0 Å². The molecule has 1 fully saturated rings. The van der Waals surface area contributed by atoms with Gasteiger partial charge >= 0.3 is 0 Å². The topological polar surface area (TPSA) is 62.8 Å². The van der Waals surface area contributed by atoms with Crippen LogP contribution in [0.5, 0.6) is 11.5 Å². The third-order valence-electron chi connectivity index (χ3n) is 6.30. The molecule has 6 heteroatoms. The van der Waals surface area contributed by atoms with Crippen molar-refractivity contribution in [2.75, 3.05) is 27.3 Å². The molecule has 0 aromatic heterocycles. The van der Waals surface area contributed by atoms with E-state index in [2.05, 4.69) is 58.0 Å². The Morgan fingerprint density at radius 2 is 1.73 bits per heavy atom. The molecular weight excluding hydrogens is 414 g/mol. The van der Waals surface area contributed by atoms with Crippen molar-refractivity contribution in [2.24, 2.45) is 0 Å². The Morgan fingerprint density at radius 1 is 0.970 bits per heavy atom. The van der Waals surface area contributed by atoms with Crippen molar-refractivity contribution < 1.29 is 14.3 Å². The van der Waals surface area contributed by atoms with Gasteiger partial charge in [-0.2, -0.15) is 0 Å². The molecule has 0 saturated carbocycles. The SMILES string of the molecule is CCNC(=O)[C@@H]1C[C@@H](NCc2ccc(OC)c(OC)c2)CN1Cc1ccc2ccccc2c1. The monoisotopic (exact) mass is 447 g/mol. The number of methoxy groups -OCH3 is 2. The fourth-order valence-electron chi connectivity index (χ4n) is 4.62. The smallest absolute Gasteiger partial charge is 0.237 e. The lowest BCUT2D eigenvalue weighted by Gasteiger charge is -2.23. The molecule has 0 bridgehead atoms. The van der Waals surface area contributed by atoms with E-state index in [0.29, 0.717) is 13.1 Å². The van der Waals surface area contributed by atoms with Gasteiger partial charge < -0.3 is 20.1 Å². The average Bonchev–Trinajstić information content (AvgIpc) is 3.25. The molecule has 0 unspecified atom stereocenters. The predicted octanol–water partition coefficient (Wildman–Crippen LogP) is 3.73. The van der Waals surface area contributed by atoms with Gasteiger partial charge in [-0.15, -0.1) is 0 Å². The van der Waals surface area contributed by atoms with Crippen molar-refractivity contribution in [3.63, 3.8) is 0 Å². The molecule has 3 aromatic rings. The highest BCUT2D eigenvalue weighted by molar-refractivity contribution is 5.83. The largest absolute Gasteiger partial charge is 0.493 e. The van der Waals surface area contributed by atoms with Gasteiger partial charge in [-0.3, -0.25) is 9.69 Å². The number of likely N-dealkylation sites (N-methyl/N-ethyl adjacent to an activating group) is 1. The second-order valence-electron chi connectivity index (χ2n) is 8.52. The van der Waals surface area contributed by atoms with E-state index in [1.807, 2.05) is 25.1 Å². The van der Waals surface area contributed by atoms with Gasteiger partial charge in [-0.1, -0.05) is 42.5 Å². The van der Waals surface area contributed by atoms with Gasteiger partial charge in [0.05, 0.1) is 20.3 Å². The first-order chi connectivity index (χ1) is 16.1. The summed E-state index contributed by atoms with van der Waals surface area (Å²) in [6.07, 6.45) is 0.784. The summed E-state index contributed by atoms with van der Waals surface area (Å²) < 4.78 is 10.8. The number of hydrogen-bond acceptors (Lipinski definition) is 5. The molecular formula is C27H33N3O3. The van der Waals surface area contributed by atoms with Gasteiger partial charge in [0.2, 0.25) is 5.91 Å². The highest BCUT2D eigenvalue weighted by Gasteiger charge is 2.36. The summed E-state index contributed by atoms with van der Waals surface area (Å²) in [6.45, 7) is 4.89. The van der Waals surface area contributed by atoms with E-state index >= 15 is 0 Å². The molecule has 1 amide bonds. The lowest BCUT2D eigenvalue weighted by molar-refractivity contribution is -0.125. The van der Waals surface area contributed by atoms with Crippen molar-refractivity contribution >= 4 is 16.7 Å². The molecule has 1 heterocycles. The number of hydrogen-bond donors (Lipinski definition) is 2. The highest BCUT2D eigenvalue weighted by Crippen LogP contribution is 2.28. The number of benzene rings is 3. The molecule has 33 heavy (non-hydrogen) atoms. The molecule has 0 radical (unpaired) electrons. The van der Waals surface area contributed by atoms with E-state index in [0.717, 1.165) is 36.6 Å². The third-order valence-corrected chi connectivity index (χ3v) is 6.30. The van der Waals surface area contributed by atoms with Crippen LogP contribution in [0.15, 0.2) is 60.7 Å². The average molecular weight is 448 g/mol. The molecule has 1 aliphatic rings. The Bertz CT molecular complexity index is 1100. The molecule has 0 aliphatic carbocycles. The summed E-state index contributed by atoms with van der Waals surface area (Å²) in [5, 5.41) is 9.12. The van der Waals surface area contributed by atoms with Crippen molar-refractivity contribution in [2.45, 2.75) is 38.5 Å². The second-order valence-corrected chi connectivity index (χ2v) is 8.52. The Morgan fingerprint density at radius 3 is 2.48 bits per heavy atom. The van der Waals surface area contributed by atoms with E-state index in [4.69, 9.17) is 9.47 Å². The maximum Gasteiger partial charge on any atom is 0.237 e. The van der Waals surface area contributed by atoms with Crippen LogP contribution in [0.25, 0.3) is 10.8 Å². The Kier molecular flexibility index (Phi) is 7.47. The zero-order valence-corrected chi connectivity index (χ0v) is 19.6. The predicted molar refractivity (Wildman–Crippen MR) is 132 cm³/mol. The van der Waals surface area contributed by atoms with Crippen molar-refractivity contribution in [1.29, 1.82) is 0 Å². The van der Waals surface area contributed by atoms with E-state index in [1.54, 1.807) is 14.2 Å².